The van der Waals surface area contributed by atoms with Crippen LogP contribution in [0.1, 0.15) is 60.8 Å². The number of aliphatic carboxylic acids is 1. The molecule has 0 saturated heterocycles. The average Bonchev–Trinajstić information content (AvgIpc) is 3.06. The third-order valence-electron chi connectivity index (χ3n) is 6.06. The average molecular weight is 485 g/mol. The standard InChI is InChI=1S/C26H25F2NO6/c1-4-14(26(32)33)13-11-17(27)21(18(28)12-13)29-24(30)19-20(25(29)31)23(35-6-3)16-10-8-7-9-15(16)22(19)34-5-2/h7-12,14,24,30H,4-6H2,1-3H3,(H,32,33). The summed E-state index contributed by atoms with van der Waals surface area (Å²) in [6.45, 7) is 5.48. The fraction of sp³-hybridized carbons (Fsp3) is 0.308. The number of rotatable bonds is 8. The van der Waals surface area contributed by atoms with Gasteiger partial charge in [-0.2, -0.15) is 0 Å². The van der Waals surface area contributed by atoms with E-state index in [0.717, 1.165) is 12.1 Å². The van der Waals surface area contributed by atoms with Crippen LogP contribution >= 0.6 is 0 Å². The highest BCUT2D eigenvalue weighted by molar-refractivity contribution is 6.17. The lowest BCUT2D eigenvalue weighted by molar-refractivity contribution is -0.138. The van der Waals surface area contributed by atoms with E-state index in [4.69, 9.17) is 9.47 Å². The van der Waals surface area contributed by atoms with Crippen molar-refractivity contribution < 1.29 is 38.1 Å². The van der Waals surface area contributed by atoms with Gasteiger partial charge in [-0.15, -0.1) is 0 Å². The van der Waals surface area contributed by atoms with E-state index in [2.05, 4.69) is 0 Å². The van der Waals surface area contributed by atoms with E-state index in [1.807, 2.05) is 0 Å². The Bertz CT molecular complexity index is 1300. The summed E-state index contributed by atoms with van der Waals surface area (Å²) >= 11 is 0. The number of hydrogen-bond acceptors (Lipinski definition) is 5. The van der Waals surface area contributed by atoms with Crippen LogP contribution in [0, 0.1) is 11.6 Å². The monoisotopic (exact) mass is 485 g/mol. The zero-order valence-electron chi connectivity index (χ0n) is 19.5. The molecule has 0 saturated carbocycles. The molecule has 1 aliphatic heterocycles. The summed E-state index contributed by atoms with van der Waals surface area (Å²) in [5.41, 5.74) is -0.843. The lowest BCUT2D eigenvalue weighted by Crippen LogP contribution is -2.30. The minimum Gasteiger partial charge on any atom is -0.493 e. The lowest BCUT2D eigenvalue weighted by atomic mass is 9.96. The topological polar surface area (TPSA) is 96.3 Å². The van der Waals surface area contributed by atoms with Crippen LogP contribution in [0.2, 0.25) is 0 Å². The number of anilines is 1. The van der Waals surface area contributed by atoms with E-state index in [9.17, 15) is 19.8 Å². The van der Waals surface area contributed by atoms with Crippen molar-refractivity contribution in [2.45, 2.75) is 39.3 Å². The third-order valence-corrected chi connectivity index (χ3v) is 6.06. The maximum Gasteiger partial charge on any atom is 0.310 e. The molecule has 2 unspecified atom stereocenters. The van der Waals surface area contributed by atoms with Crippen molar-refractivity contribution in [1.82, 2.24) is 0 Å². The van der Waals surface area contributed by atoms with Gasteiger partial charge in [0.15, 0.2) is 6.23 Å². The number of halogens is 2. The van der Waals surface area contributed by atoms with Crippen molar-refractivity contribution in [2.24, 2.45) is 0 Å². The summed E-state index contributed by atoms with van der Waals surface area (Å²) in [5.74, 6) is -5.14. The van der Waals surface area contributed by atoms with Crippen LogP contribution in [-0.2, 0) is 4.79 Å². The number of hydrogen-bond donors (Lipinski definition) is 2. The Morgan fingerprint density at radius 1 is 1.03 bits per heavy atom. The Labute approximate surface area is 200 Å². The summed E-state index contributed by atoms with van der Waals surface area (Å²) in [7, 11) is 0. The molecular weight excluding hydrogens is 460 g/mol. The summed E-state index contributed by atoms with van der Waals surface area (Å²) in [4.78, 5) is 25.7. The van der Waals surface area contributed by atoms with Crippen molar-refractivity contribution in [2.75, 3.05) is 18.1 Å². The molecule has 0 aromatic heterocycles. The molecule has 1 aliphatic rings. The number of carboxylic acid groups (broad SMARTS) is 1. The summed E-state index contributed by atoms with van der Waals surface area (Å²) in [5, 5.41) is 21.7. The summed E-state index contributed by atoms with van der Waals surface area (Å²) in [6, 6.07) is 8.76. The van der Waals surface area contributed by atoms with Crippen molar-refractivity contribution in [3.05, 3.63) is 64.7 Å². The van der Waals surface area contributed by atoms with Crippen molar-refractivity contribution in [3.63, 3.8) is 0 Å². The van der Waals surface area contributed by atoms with Crippen molar-refractivity contribution in [1.29, 1.82) is 0 Å². The number of carbonyl (C=O) groups is 2. The van der Waals surface area contributed by atoms with Crippen molar-refractivity contribution in [3.8, 4) is 11.5 Å². The summed E-state index contributed by atoms with van der Waals surface area (Å²) in [6.07, 6.45) is -1.65. The van der Waals surface area contributed by atoms with Gasteiger partial charge in [0, 0.05) is 10.8 Å². The Morgan fingerprint density at radius 3 is 2.09 bits per heavy atom. The van der Waals surface area contributed by atoms with Crippen molar-refractivity contribution >= 4 is 28.3 Å². The van der Waals surface area contributed by atoms with Gasteiger partial charge < -0.3 is 19.7 Å². The molecule has 3 aromatic carbocycles. The van der Waals surface area contributed by atoms with Crippen LogP contribution in [-0.4, -0.2) is 35.3 Å². The molecule has 7 nitrogen and oxygen atoms in total. The van der Waals surface area contributed by atoms with Crippen LogP contribution in [0.15, 0.2) is 36.4 Å². The molecule has 4 rings (SSSR count). The maximum absolute atomic E-state index is 15.3. The van der Waals surface area contributed by atoms with Gasteiger partial charge in [-0.05, 0) is 38.0 Å². The molecule has 1 heterocycles. The molecular formula is C26H25F2NO6. The van der Waals surface area contributed by atoms with Gasteiger partial charge in [0.05, 0.1) is 30.3 Å². The van der Waals surface area contributed by atoms with Gasteiger partial charge >= 0.3 is 5.97 Å². The molecule has 0 bridgehead atoms. The number of benzene rings is 3. The third kappa shape index (κ3) is 3.85. The number of carboxylic acids is 1. The van der Waals surface area contributed by atoms with E-state index in [1.54, 1.807) is 45.0 Å². The predicted octanol–water partition coefficient (Wildman–Crippen LogP) is 5.14. The molecule has 0 aliphatic carbocycles. The first-order valence-electron chi connectivity index (χ1n) is 11.3. The van der Waals surface area contributed by atoms with Gasteiger partial charge in [0.1, 0.15) is 28.8 Å². The van der Waals surface area contributed by atoms with E-state index in [0.29, 0.717) is 15.7 Å². The van der Waals surface area contributed by atoms with Crippen LogP contribution in [0.3, 0.4) is 0 Å². The molecule has 0 fully saturated rings. The molecule has 3 aromatic rings. The number of carbonyl (C=O) groups excluding carboxylic acids is 1. The fourth-order valence-corrected chi connectivity index (χ4v) is 4.60. The first kappa shape index (κ1) is 24.4. The van der Waals surface area contributed by atoms with E-state index in [-0.39, 0.29) is 47.8 Å². The SMILES string of the molecule is CCOc1c2c(c(OCC)c3ccccc13)C(O)N(c1c(F)cc(C(CC)C(=O)O)cc1F)C2=O. The van der Waals surface area contributed by atoms with Gasteiger partial charge in [-0.3, -0.25) is 14.5 Å². The second-order valence-electron chi connectivity index (χ2n) is 8.04. The highest BCUT2D eigenvalue weighted by Gasteiger charge is 2.45. The zero-order chi connectivity index (χ0) is 25.4. The Hall–Kier alpha value is -3.72. The molecule has 0 radical (unpaired) electrons. The number of amides is 1. The van der Waals surface area contributed by atoms with Crippen LogP contribution in [0.5, 0.6) is 11.5 Å². The minimum atomic E-state index is -1.76. The fourth-order valence-electron chi connectivity index (χ4n) is 4.60. The number of aliphatic hydroxyl groups excluding tert-OH is 1. The second-order valence-corrected chi connectivity index (χ2v) is 8.04. The predicted molar refractivity (Wildman–Crippen MR) is 125 cm³/mol. The van der Waals surface area contributed by atoms with Gasteiger partial charge in [-0.25, -0.2) is 8.78 Å². The van der Waals surface area contributed by atoms with Crippen LogP contribution in [0.4, 0.5) is 14.5 Å². The Kier molecular flexibility index (Phi) is 6.62. The van der Waals surface area contributed by atoms with E-state index >= 15 is 8.78 Å². The molecule has 184 valence electrons. The van der Waals surface area contributed by atoms with E-state index < -0.39 is 41.3 Å². The van der Waals surface area contributed by atoms with Crippen LogP contribution < -0.4 is 14.4 Å². The Morgan fingerprint density at radius 2 is 1.57 bits per heavy atom. The highest BCUT2D eigenvalue weighted by atomic mass is 19.1. The lowest BCUT2D eigenvalue weighted by Gasteiger charge is -2.23. The number of fused-ring (bicyclic) bond motifs is 2. The maximum atomic E-state index is 15.3. The largest absolute Gasteiger partial charge is 0.493 e. The van der Waals surface area contributed by atoms with Gasteiger partial charge in [0.25, 0.3) is 5.91 Å². The molecule has 0 spiro atoms. The number of aliphatic hydroxyl groups is 1. The highest BCUT2D eigenvalue weighted by Crippen LogP contribution is 2.50. The summed E-state index contributed by atoms with van der Waals surface area (Å²) < 4.78 is 42.1. The van der Waals surface area contributed by atoms with Gasteiger partial charge in [-0.1, -0.05) is 31.2 Å². The van der Waals surface area contributed by atoms with E-state index in [1.165, 1.54) is 0 Å². The first-order chi connectivity index (χ1) is 16.8. The zero-order valence-corrected chi connectivity index (χ0v) is 19.5. The first-order valence-corrected chi connectivity index (χ1v) is 11.3. The van der Waals surface area contributed by atoms with Crippen LogP contribution in [0.25, 0.3) is 10.8 Å². The molecule has 1 amide bonds. The Balaban J connectivity index is 1.95. The smallest absolute Gasteiger partial charge is 0.310 e. The molecule has 35 heavy (non-hydrogen) atoms. The number of nitrogens with zero attached hydrogens (tertiary/aromatic N) is 1. The molecule has 2 N–H and O–H groups in total. The molecule has 2 atom stereocenters. The molecule has 9 heteroatoms. The normalized spacial score (nSPS) is 15.9. The quantitative estimate of drug-likeness (QED) is 0.458. The second kappa shape index (κ2) is 9.50. The number of ether oxygens (including phenoxy) is 2. The minimum absolute atomic E-state index is 0.0404. The van der Waals surface area contributed by atoms with Gasteiger partial charge in [0.2, 0.25) is 0 Å².